The third-order valence-corrected chi connectivity index (χ3v) is 8.34. The van der Waals surface area contributed by atoms with E-state index in [2.05, 4.69) is 9.58 Å². The molecule has 1 saturated carbocycles. The van der Waals surface area contributed by atoms with Crippen LogP contribution in [0.5, 0.6) is 0 Å². The Morgan fingerprint density at radius 1 is 0.941 bits per heavy atom. The van der Waals surface area contributed by atoms with Crippen LogP contribution in [-0.4, -0.2) is 57.3 Å². The summed E-state index contributed by atoms with van der Waals surface area (Å²) in [6, 6.07) is 8.18. The standard InChI is InChI=1S/C26H32N6O2/c27-18-4-2-17(3-5-18)23-29-24(31-15-20-6-7-21(16-31)34-20)22-14-28-32(25(22)30-23)19-8-11-26(12-9-19)10-1-13-33-26/h2-5,14,19-21H,1,6-13,15-16,27H2. The molecule has 178 valence electrons. The van der Waals surface area contributed by atoms with Crippen LogP contribution in [0.2, 0.25) is 0 Å². The minimum atomic E-state index is 0.113. The van der Waals surface area contributed by atoms with E-state index in [-0.39, 0.29) is 5.60 Å². The fraction of sp³-hybridized carbons (Fsp3) is 0.577. The summed E-state index contributed by atoms with van der Waals surface area (Å²) in [5, 5.41) is 5.93. The quantitative estimate of drug-likeness (QED) is 0.588. The van der Waals surface area contributed by atoms with Crippen LogP contribution in [0.3, 0.4) is 0 Å². The van der Waals surface area contributed by atoms with E-state index < -0.39 is 0 Å². The molecule has 7 rings (SSSR count). The summed E-state index contributed by atoms with van der Waals surface area (Å²) in [5.74, 6) is 1.71. The average molecular weight is 461 g/mol. The van der Waals surface area contributed by atoms with Gasteiger partial charge in [0.25, 0.3) is 0 Å². The van der Waals surface area contributed by atoms with Crippen molar-refractivity contribution >= 4 is 22.5 Å². The van der Waals surface area contributed by atoms with Crippen molar-refractivity contribution in [3.8, 4) is 11.4 Å². The molecule has 34 heavy (non-hydrogen) atoms. The zero-order valence-electron chi connectivity index (χ0n) is 19.5. The number of benzene rings is 1. The topological polar surface area (TPSA) is 91.3 Å². The number of morpholine rings is 1. The predicted molar refractivity (Wildman–Crippen MR) is 131 cm³/mol. The van der Waals surface area contributed by atoms with Gasteiger partial charge in [0.05, 0.1) is 35.4 Å². The third-order valence-electron chi connectivity index (χ3n) is 8.34. The molecule has 1 spiro atoms. The highest BCUT2D eigenvalue weighted by molar-refractivity contribution is 5.89. The Morgan fingerprint density at radius 3 is 2.41 bits per heavy atom. The number of nitrogen functional groups attached to an aromatic ring is 1. The maximum atomic E-state index is 6.16. The molecule has 2 unspecified atom stereocenters. The second-order valence-electron chi connectivity index (χ2n) is 10.5. The lowest BCUT2D eigenvalue weighted by Gasteiger charge is -2.36. The van der Waals surface area contributed by atoms with Crippen molar-refractivity contribution in [2.24, 2.45) is 0 Å². The smallest absolute Gasteiger partial charge is 0.164 e. The minimum absolute atomic E-state index is 0.113. The highest BCUT2D eigenvalue weighted by Gasteiger charge is 2.40. The zero-order valence-corrected chi connectivity index (χ0v) is 19.5. The molecule has 4 aliphatic rings. The maximum Gasteiger partial charge on any atom is 0.164 e. The number of rotatable bonds is 3. The molecule has 8 nitrogen and oxygen atoms in total. The Bertz CT molecular complexity index is 1180. The van der Waals surface area contributed by atoms with Gasteiger partial charge in [-0.3, -0.25) is 0 Å². The van der Waals surface area contributed by atoms with E-state index in [1.54, 1.807) is 0 Å². The first-order chi connectivity index (χ1) is 16.7. The second-order valence-corrected chi connectivity index (χ2v) is 10.5. The molecule has 1 aromatic carbocycles. The molecule has 3 aromatic rings. The summed E-state index contributed by atoms with van der Waals surface area (Å²) in [7, 11) is 0. The van der Waals surface area contributed by atoms with Crippen molar-refractivity contribution in [3.05, 3.63) is 30.5 Å². The van der Waals surface area contributed by atoms with Gasteiger partial charge in [0.15, 0.2) is 11.5 Å². The van der Waals surface area contributed by atoms with Crippen LogP contribution in [-0.2, 0) is 9.47 Å². The first kappa shape index (κ1) is 20.6. The van der Waals surface area contributed by atoms with Crippen molar-refractivity contribution in [1.29, 1.82) is 0 Å². The summed E-state index contributed by atoms with van der Waals surface area (Å²) in [6.07, 6.45) is 11.6. The van der Waals surface area contributed by atoms with E-state index in [4.69, 9.17) is 30.3 Å². The minimum Gasteiger partial charge on any atom is -0.399 e. The Morgan fingerprint density at radius 2 is 1.71 bits per heavy atom. The number of nitrogens with zero attached hydrogens (tertiary/aromatic N) is 5. The highest BCUT2D eigenvalue weighted by Crippen LogP contribution is 2.44. The average Bonchev–Trinajstić information content (AvgIpc) is 3.58. The number of ether oxygens (including phenoxy) is 2. The van der Waals surface area contributed by atoms with Gasteiger partial charge in [0.2, 0.25) is 0 Å². The molecule has 4 fully saturated rings. The van der Waals surface area contributed by atoms with Gasteiger partial charge in [-0.25, -0.2) is 14.6 Å². The number of nitrogens with two attached hydrogens (primary N) is 1. The van der Waals surface area contributed by atoms with E-state index in [9.17, 15) is 0 Å². The number of hydrogen-bond donors (Lipinski definition) is 1. The molecule has 0 radical (unpaired) electrons. The van der Waals surface area contributed by atoms with E-state index >= 15 is 0 Å². The van der Waals surface area contributed by atoms with Gasteiger partial charge >= 0.3 is 0 Å². The summed E-state index contributed by atoms with van der Waals surface area (Å²) in [5.41, 5.74) is 8.71. The third kappa shape index (κ3) is 3.46. The summed E-state index contributed by atoms with van der Waals surface area (Å²) in [4.78, 5) is 12.5. The first-order valence-electron chi connectivity index (χ1n) is 12.8. The summed E-state index contributed by atoms with van der Waals surface area (Å²) >= 11 is 0. The van der Waals surface area contributed by atoms with Crippen molar-refractivity contribution in [1.82, 2.24) is 19.7 Å². The molecule has 8 heteroatoms. The van der Waals surface area contributed by atoms with Gasteiger partial charge in [0.1, 0.15) is 5.82 Å². The van der Waals surface area contributed by atoms with Crippen LogP contribution in [0.25, 0.3) is 22.4 Å². The van der Waals surface area contributed by atoms with E-state index in [0.29, 0.717) is 18.2 Å². The van der Waals surface area contributed by atoms with Crippen LogP contribution < -0.4 is 10.6 Å². The van der Waals surface area contributed by atoms with Crippen molar-refractivity contribution in [2.45, 2.75) is 75.2 Å². The van der Waals surface area contributed by atoms with Crippen LogP contribution >= 0.6 is 0 Å². The zero-order chi connectivity index (χ0) is 22.7. The number of aromatic nitrogens is 4. The molecule has 2 aromatic heterocycles. The van der Waals surface area contributed by atoms with Gasteiger partial charge in [-0.2, -0.15) is 5.10 Å². The molecule has 1 aliphatic carbocycles. The molecule has 2 N–H and O–H groups in total. The second kappa shape index (κ2) is 7.92. The SMILES string of the molecule is Nc1ccc(-c2nc(N3CC4CCC(C3)O4)c3cnn(C4CCC5(CCCO5)CC4)c3n2)cc1. The van der Waals surface area contributed by atoms with Crippen molar-refractivity contribution < 1.29 is 9.47 Å². The predicted octanol–water partition coefficient (Wildman–Crippen LogP) is 4.11. The number of fused-ring (bicyclic) bond motifs is 3. The summed E-state index contributed by atoms with van der Waals surface area (Å²) in [6.45, 7) is 2.66. The van der Waals surface area contributed by atoms with E-state index in [1.165, 1.54) is 12.8 Å². The van der Waals surface area contributed by atoms with E-state index in [1.807, 2.05) is 30.5 Å². The van der Waals surface area contributed by atoms with E-state index in [0.717, 1.165) is 92.1 Å². The number of hydrogen-bond acceptors (Lipinski definition) is 7. The first-order valence-corrected chi connectivity index (χ1v) is 12.8. The van der Waals surface area contributed by atoms with Crippen molar-refractivity contribution in [3.63, 3.8) is 0 Å². The van der Waals surface area contributed by atoms with Crippen LogP contribution in [0.4, 0.5) is 11.5 Å². The molecule has 0 amide bonds. The monoisotopic (exact) mass is 460 g/mol. The van der Waals surface area contributed by atoms with Gasteiger partial charge < -0.3 is 20.1 Å². The maximum absolute atomic E-state index is 6.16. The van der Waals surface area contributed by atoms with Crippen molar-refractivity contribution in [2.75, 3.05) is 30.3 Å². The lowest BCUT2D eigenvalue weighted by molar-refractivity contribution is -0.0337. The lowest BCUT2D eigenvalue weighted by atomic mass is 9.80. The molecule has 5 heterocycles. The lowest BCUT2D eigenvalue weighted by Crippen LogP contribution is -2.43. The normalized spacial score (nSPS) is 31.1. The van der Waals surface area contributed by atoms with Gasteiger partial charge in [-0.05, 0) is 75.6 Å². The van der Waals surface area contributed by atoms with Gasteiger partial charge in [-0.15, -0.1) is 0 Å². The fourth-order valence-electron chi connectivity index (χ4n) is 6.49. The molecule has 3 aliphatic heterocycles. The fourth-order valence-corrected chi connectivity index (χ4v) is 6.49. The molecule has 2 bridgehead atoms. The van der Waals surface area contributed by atoms with Gasteiger partial charge in [-0.1, -0.05) is 0 Å². The van der Waals surface area contributed by atoms with Gasteiger partial charge in [0, 0.05) is 30.9 Å². The van der Waals surface area contributed by atoms with Crippen LogP contribution in [0.15, 0.2) is 30.5 Å². The number of anilines is 2. The summed E-state index contributed by atoms with van der Waals surface area (Å²) < 4.78 is 14.4. The Kier molecular flexibility index (Phi) is 4.81. The Balaban J connectivity index is 1.29. The molecular formula is C26H32N6O2. The Labute approximate surface area is 199 Å². The van der Waals surface area contributed by atoms with Crippen LogP contribution in [0.1, 0.15) is 57.4 Å². The molecule has 3 saturated heterocycles. The molecule has 2 atom stereocenters. The molecular weight excluding hydrogens is 428 g/mol. The Hall–Kier alpha value is -2.71. The largest absolute Gasteiger partial charge is 0.399 e. The highest BCUT2D eigenvalue weighted by atomic mass is 16.5. The van der Waals surface area contributed by atoms with Crippen LogP contribution in [0, 0.1) is 0 Å².